The highest BCUT2D eigenvalue weighted by molar-refractivity contribution is 6.01. The monoisotopic (exact) mass is 221 g/mol. The Morgan fingerprint density at radius 1 is 1.50 bits per heavy atom. The van der Waals surface area contributed by atoms with Crippen molar-refractivity contribution in [3.05, 3.63) is 17.8 Å². The van der Waals surface area contributed by atoms with Gasteiger partial charge in [-0.3, -0.25) is 4.79 Å². The number of carbonyl (C=O) groups is 1. The predicted molar refractivity (Wildman–Crippen MR) is 61.5 cm³/mol. The zero-order chi connectivity index (χ0) is 11.5. The van der Waals surface area contributed by atoms with Gasteiger partial charge in [0, 0.05) is 19.2 Å². The molecule has 0 aromatic carbocycles. The van der Waals surface area contributed by atoms with Crippen LogP contribution in [0.3, 0.4) is 0 Å². The molecule has 5 heteroatoms. The molecule has 0 radical (unpaired) electrons. The Morgan fingerprint density at radius 3 is 3.06 bits per heavy atom. The smallest absolute Gasteiger partial charge is 0.246 e. The second-order valence-electron chi connectivity index (χ2n) is 3.80. The number of hydrogen-bond acceptors (Lipinski definition) is 4. The number of carbonyl (C=O) groups excluding carboxylic acids is 1. The van der Waals surface area contributed by atoms with Crippen LogP contribution in [-0.4, -0.2) is 30.6 Å². The van der Waals surface area contributed by atoms with Gasteiger partial charge >= 0.3 is 0 Å². The number of nitrogens with zero attached hydrogens (tertiary/aromatic N) is 1. The average molecular weight is 221 g/mol. The summed E-state index contributed by atoms with van der Waals surface area (Å²) >= 11 is 0. The van der Waals surface area contributed by atoms with Crippen molar-refractivity contribution in [1.82, 2.24) is 4.98 Å². The van der Waals surface area contributed by atoms with Crippen LogP contribution in [0.1, 0.15) is 12.6 Å². The van der Waals surface area contributed by atoms with E-state index < -0.39 is 0 Å². The number of rotatable bonds is 3. The summed E-state index contributed by atoms with van der Waals surface area (Å²) in [5, 5.41) is 5.86. The molecule has 5 nitrogen and oxygen atoms in total. The number of ether oxygens (including phenoxy) is 1. The zero-order valence-corrected chi connectivity index (χ0v) is 9.41. The van der Waals surface area contributed by atoms with Crippen LogP contribution in [0.15, 0.2) is 12.1 Å². The van der Waals surface area contributed by atoms with Gasteiger partial charge in [0.05, 0.1) is 12.3 Å². The second-order valence-corrected chi connectivity index (χ2v) is 3.80. The Labute approximate surface area is 94.2 Å². The summed E-state index contributed by atoms with van der Waals surface area (Å²) in [5.41, 5.74) is 1.70. The quantitative estimate of drug-likeness (QED) is 0.800. The number of pyridine rings is 1. The van der Waals surface area contributed by atoms with Gasteiger partial charge in [0.15, 0.2) is 5.82 Å². The van der Waals surface area contributed by atoms with Crippen molar-refractivity contribution in [2.24, 2.45) is 0 Å². The lowest BCUT2D eigenvalue weighted by atomic mass is 10.2. The fourth-order valence-corrected chi connectivity index (χ4v) is 1.57. The van der Waals surface area contributed by atoms with E-state index in [-0.39, 0.29) is 11.9 Å². The van der Waals surface area contributed by atoms with Crippen LogP contribution in [0.2, 0.25) is 0 Å². The summed E-state index contributed by atoms with van der Waals surface area (Å²) in [7, 11) is 1.67. The molecule has 16 heavy (non-hydrogen) atoms. The first kappa shape index (κ1) is 10.9. The van der Waals surface area contributed by atoms with Crippen LogP contribution in [0.25, 0.3) is 0 Å². The summed E-state index contributed by atoms with van der Waals surface area (Å²) in [6, 6.07) is 3.53. The van der Waals surface area contributed by atoms with E-state index in [1.165, 1.54) is 0 Å². The lowest BCUT2D eigenvalue weighted by Gasteiger charge is -2.23. The number of nitrogens with one attached hydrogen (secondary N) is 2. The number of hydrogen-bond donors (Lipinski definition) is 2. The third-order valence-electron chi connectivity index (χ3n) is 2.52. The molecule has 0 spiro atoms. The molecule has 1 aromatic heterocycles. The van der Waals surface area contributed by atoms with Gasteiger partial charge in [0.2, 0.25) is 5.91 Å². The summed E-state index contributed by atoms with van der Waals surface area (Å²) < 4.78 is 5.00. The average Bonchev–Trinajstić information content (AvgIpc) is 2.28. The molecule has 0 fully saturated rings. The van der Waals surface area contributed by atoms with E-state index in [2.05, 4.69) is 15.6 Å². The van der Waals surface area contributed by atoms with Crippen molar-refractivity contribution in [1.29, 1.82) is 0 Å². The summed E-state index contributed by atoms with van der Waals surface area (Å²) in [6.07, 6.45) is 0.772. The van der Waals surface area contributed by atoms with Gasteiger partial charge in [-0.15, -0.1) is 0 Å². The molecule has 0 saturated carbocycles. The molecular formula is C11H15N3O2. The Bertz CT molecular complexity index is 406. The van der Waals surface area contributed by atoms with E-state index in [0.717, 1.165) is 23.6 Å². The SMILES string of the molecule is COCCc1ccc2c(n1)NC(C)C(=O)N2. The van der Waals surface area contributed by atoms with Gasteiger partial charge in [0.25, 0.3) is 0 Å². The third kappa shape index (κ3) is 2.14. The largest absolute Gasteiger partial charge is 0.384 e. The fourth-order valence-electron chi connectivity index (χ4n) is 1.57. The van der Waals surface area contributed by atoms with E-state index >= 15 is 0 Å². The third-order valence-corrected chi connectivity index (χ3v) is 2.52. The summed E-state index contributed by atoms with van der Waals surface area (Å²) in [4.78, 5) is 15.8. The van der Waals surface area contributed by atoms with Gasteiger partial charge in [-0.2, -0.15) is 0 Å². The molecule has 1 atom stereocenters. The lowest BCUT2D eigenvalue weighted by Crippen LogP contribution is -2.36. The van der Waals surface area contributed by atoms with Gasteiger partial charge in [0.1, 0.15) is 6.04 Å². The molecule has 2 heterocycles. The summed E-state index contributed by atoms with van der Waals surface area (Å²) in [5.74, 6) is 0.708. The van der Waals surface area contributed by atoms with Gasteiger partial charge < -0.3 is 15.4 Å². The number of amides is 1. The van der Waals surface area contributed by atoms with Gasteiger partial charge in [-0.25, -0.2) is 4.98 Å². The molecule has 2 rings (SSSR count). The first-order chi connectivity index (χ1) is 7.70. The highest BCUT2D eigenvalue weighted by Gasteiger charge is 2.22. The molecule has 1 unspecified atom stereocenters. The van der Waals surface area contributed by atoms with Gasteiger partial charge in [-0.05, 0) is 19.1 Å². The Kier molecular flexibility index (Phi) is 3.05. The van der Waals surface area contributed by atoms with E-state index in [1.54, 1.807) is 7.11 Å². The van der Waals surface area contributed by atoms with Crippen molar-refractivity contribution in [3.8, 4) is 0 Å². The molecule has 1 aliphatic heterocycles. The first-order valence-electron chi connectivity index (χ1n) is 5.27. The van der Waals surface area contributed by atoms with Crippen molar-refractivity contribution < 1.29 is 9.53 Å². The molecule has 86 valence electrons. The first-order valence-corrected chi connectivity index (χ1v) is 5.27. The van der Waals surface area contributed by atoms with E-state index in [1.807, 2.05) is 19.1 Å². The number of fused-ring (bicyclic) bond motifs is 1. The minimum absolute atomic E-state index is 0.0288. The number of aromatic nitrogens is 1. The number of methoxy groups -OCH3 is 1. The normalized spacial score (nSPS) is 18.6. The highest BCUT2D eigenvalue weighted by Crippen LogP contribution is 2.24. The minimum Gasteiger partial charge on any atom is -0.384 e. The minimum atomic E-state index is -0.238. The van der Waals surface area contributed by atoms with Crippen LogP contribution >= 0.6 is 0 Å². The molecule has 1 amide bonds. The van der Waals surface area contributed by atoms with Crippen LogP contribution in [0.5, 0.6) is 0 Å². The maximum absolute atomic E-state index is 11.4. The Hall–Kier alpha value is -1.62. The molecule has 0 aliphatic carbocycles. The topological polar surface area (TPSA) is 63.2 Å². The Morgan fingerprint density at radius 2 is 2.31 bits per heavy atom. The Balaban J connectivity index is 2.19. The van der Waals surface area contributed by atoms with Crippen molar-refractivity contribution in [2.75, 3.05) is 24.4 Å². The molecule has 2 N–H and O–H groups in total. The molecule has 0 bridgehead atoms. The molecule has 1 aromatic rings. The van der Waals surface area contributed by atoms with Gasteiger partial charge in [-0.1, -0.05) is 0 Å². The molecule has 0 saturated heterocycles. The number of anilines is 2. The predicted octanol–water partition coefficient (Wildman–Crippen LogP) is 1.02. The molecular weight excluding hydrogens is 206 g/mol. The lowest BCUT2D eigenvalue weighted by molar-refractivity contribution is -0.116. The highest BCUT2D eigenvalue weighted by atomic mass is 16.5. The van der Waals surface area contributed by atoms with Crippen molar-refractivity contribution >= 4 is 17.4 Å². The molecule has 1 aliphatic rings. The summed E-state index contributed by atoms with van der Waals surface area (Å²) in [6.45, 7) is 2.45. The van der Waals surface area contributed by atoms with Crippen LogP contribution in [0.4, 0.5) is 11.5 Å². The van der Waals surface area contributed by atoms with Crippen LogP contribution in [-0.2, 0) is 16.0 Å². The maximum atomic E-state index is 11.4. The second kappa shape index (κ2) is 4.49. The zero-order valence-electron chi connectivity index (χ0n) is 9.41. The van der Waals surface area contributed by atoms with Crippen LogP contribution in [0, 0.1) is 0 Å². The van der Waals surface area contributed by atoms with Crippen LogP contribution < -0.4 is 10.6 Å². The van der Waals surface area contributed by atoms with E-state index in [9.17, 15) is 4.79 Å². The fraction of sp³-hybridized carbons (Fsp3) is 0.455. The van der Waals surface area contributed by atoms with Crippen molar-refractivity contribution in [3.63, 3.8) is 0 Å². The maximum Gasteiger partial charge on any atom is 0.246 e. The standard InChI is InChI=1S/C11H15N3O2/c1-7-11(15)14-9-4-3-8(5-6-16-2)13-10(9)12-7/h3-4,7H,5-6H2,1-2H3,(H,12,13)(H,14,15). The van der Waals surface area contributed by atoms with E-state index in [4.69, 9.17) is 4.74 Å². The van der Waals surface area contributed by atoms with E-state index in [0.29, 0.717) is 6.61 Å². The van der Waals surface area contributed by atoms with Crippen molar-refractivity contribution in [2.45, 2.75) is 19.4 Å².